The lowest BCUT2D eigenvalue weighted by Gasteiger charge is -2.46. The van der Waals surface area contributed by atoms with Crippen LogP contribution in [0.5, 0.6) is 0 Å². The van der Waals surface area contributed by atoms with E-state index in [0.717, 1.165) is 36.6 Å². The number of rotatable bonds is 9. The van der Waals surface area contributed by atoms with Gasteiger partial charge in [0.05, 0.1) is 0 Å². The molecule has 4 N–H and O–H groups in total. The van der Waals surface area contributed by atoms with Gasteiger partial charge in [0.25, 0.3) is 0 Å². The number of piperidine rings is 1. The van der Waals surface area contributed by atoms with Crippen LogP contribution in [0.4, 0.5) is 9.59 Å². The van der Waals surface area contributed by atoms with Gasteiger partial charge < -0.3 is 20.5 Å². The van der Waals surface area contributed by atoms with Crippen molar-refractivity contribution in [1.29, 1.82) is 5.41 Å². The molecule has 2 aromatic carbocycles. The number of carbonyl (C=O) groups excluding carboxylic acids is 2. The van der Waals surface area contributed by atoms with Gasteiger partial charge in [-0.15, -0.1) is 4.90 Å². The second-order valence-corrected chi connectivity index (χ2v) is 10.9. The summed E-state index contributed by atoms with van der Waals surface area (Å²) in [5.74, 6) is 0.128. The lowest BCUT2D eigenvalue weighted by molar-refractivity contribution is 0.0628. The van der Waals surface area contributed by atoms with E-state index in [4.69, 9.17) is 20.6 Å². The molecule has 210 valence electrons. The molecule has 1 heterocycles. The van der Waals surface area contributed by atoms with Crippen molar-refractivity contribution >= 4 is 18.1 Å². The maximum Gasteiger partial charge on any atom is 0.426 e. The molecule has 0 aromatic heterocycles. The predicted molar refractivity (Wildman–Crippen MR) is 151 cm³/mol. The van der Waals surface area contributed by atoms with Crippen molar-refractivity contribution in [3.8, 4) is 0 Å². The van der Waals surface area contributed by atoms with Crippen LogP contribution in [-0.2, 0) is 29.1 Å². The monoisotopic (exact) mass is 534 g/mol. The van der Waals surface area contributed by atoms with E-state index in [0.29, 0.717) is 10.3 Å². The molecule has 4 rings (SSSR count). The number of benzene rings is 2. The number of nitrogens with one attached hydrogen (secondary N) is 2. The summed E-state index contributed by atoms with van der Waals surface area (Å²) in [7, 11) is 0. The Morgan fingerprint density at radius 1 is 0.872 bits per heavy atom. The lowest BCUT2D eigenvalue weighted by Crippen LogP contribution is -2.45. The van der Waals surface area contributed by atoms with E-state index in [9.17, 15) is 9.59 Å². The number of amides is 2. The number of guanidine groups is 1. The van der Waals surface area contributed by atoms with Gasteiger partial charge in [0, 0.05) is 0 Å². The Balaban J connectivity index is 1.24. The topological polar surface area (TPSA) is 118 Å². The Morgan fingerprint density at radius 3 is 2.03 bits per heavy atom. The molecule has 2 aromatic rings. The number of carbonyl (C=O) groups is 2. The molecular weight excluding hydrogens is 492 g/mol. The average molecular weight is 535 g/mol. The number of hydrogen-bond donors (Lipinski definition) is 3. The van der Waals surface area contributed by atoms with E-state index >= 15 is 0 Å². The van der Waals surface area contributed by atoms with Crippen molar-refractivity contribution in [3.05, 3.63) is 71.3 Å². The highest BCUT2D eigenvalue weighted by Crippen LogP contribution is 2.48. The van der Waals surface area contributed by atoms with Crippen LogP contribution in [0.2, 0.25) is 0 Å². The fourth-order valence-corrected chi connectivity index (χ4v) is 6.21. The van der Waals surface area contributed by atoms with E-state index in [1.54, 1.807) is 12.1 Å². The first-order valence-electron chi connectivity index (χ1n) is 14.3. The molecular formula is C31H42N4O4. The minimum absolute atomic E-state index is 0.0351. The summed E-state index contributed by atoms with van der Waals surface area (Å²) >= 11 is 0. The summed E-state index contributed by atoms with van der Waals surface area (Å²) in [6.45, 7) is 2.22. The zero-order chi connectivity index (χ0) is 27.5. The first kappa shape index (κ1) is 28.6. The molecule has 0 unspecified atom stereocenters. The Kier molecular flexibility index (Phi) is 10.4. The molecule has 1 aliphatic heterocycles. The molecule has 2 aliphatic rings. The SMILES string of the molecule is N=C(N)N(C(=O)OCc1ccccc1)C(=O)OCc1ccc(CCCC2(C3CCCCC3)CCNCC2)cc1. The molecule has 2 amide bonds. The number of nitrogens with zero attached hydrogens (tertiary/aromatic N) is 1. The Bertz CT molecular complexity index is 1080. The van der Waals surface area contributed by atoms with E-state index in [-0.39, 0.29) is 13.2 Å². The third-order valence-electron chi connectivity index (χ3n) is 8.41. The maximum absolute atomic E-state index is 12.5. The largest absolute Gasteiger partial charge is 0.444 e. The summed E-state index contributed by atoms with van der Waals surface area (Å²) in [6, 6.07) is 17.1. The summed E-state index contributed by atoms with van der Waals surface area (Å²) in [6.07, 6.45) is 11.0. The Morgan fingerprint density at radius 2 is 1.44 bits per heavy atom. The number of hydrogen-bond acceptors (Lipinski definition) is 6. The van der Waals surface area contributed by atoms with Gasteiger partial charge in [-0.3, -0.25) is 5.41 Å². The average Bonchev–Trinajstić information content (AvgIpc) is 2.97. The molecule has 2 fully saturated rings. The molecule has 8 nitrogen and oxygen atoms in total. The van der Waals surface area contributed by atoms with E-state index in [2.05, 4.69) is 17.4 Å². The zero-order valence-electron chi connectivity index (χ0n) is 22.8. The van der Waals surface area contributed by atoms with Gasteiger partial charge >= 0.3 is 12.2 Å². The molecule has 0 radical (unpaired) electrons. The van der Waals surface area contributed by atoms with Gasteiger partial charge in [0.2, 0.25) is 5.96 Å². The molecule has 39 heavy (non-hydrogen) atoms. The van der Waals surface area contributed by atoms with Crippen LogP contribution >= 0.6 is 0 Å². The molecule has 0 spiro atoms. The van der Waals surface area contributed by atoms with Gasteiger partial charge in [-0.1, -0.05) is 73.9 Å². The standard InChI is InChI=1S/C31H42N4O4/c32-28(33)35(29(36)38-22-25-8-3-1-4-9-25)30(37)39-23-26-15-13-24(14-16-26)10-7-17-31(18-20-34-21-19-31)27-11-5-2-6-12-27/h1,3-4,8-9,13-16,27,34H,2,5-7,10-12,17-23H2,(H3,32,33). The van der Waals surface area contributed by atoms with Gasteiger partial charge in [-0.25, -0.2) is 9.59 Å². The van der Waals surface area contributed by atoms with Crippen molar-refractivity contribution in [2.24, 2.45) is 17.1 Å². The van der Waals surface area contributed by atoms with E-state index in [1.807, 2.05) is 30.3 Å². The predicted octanol–water partition coefficient (Wildman–Crippen LogP) is 6.13. The first-order valence-corrected chi connectivity index (χ1v) is 14.3. The third kappa shape index (κ3) is 8.05. The zero-order valence-corrected chi connectivity index (χ0v) is 22.8. The lowest BCUT2D eigenvalue weighted by atomic mass is 9.62. The second kappa shape index (κ2) is 14.1. The van der Waals surface area contributed by atoms with Crippen LogP contribution in [0.25, 0.3) is 0 Å². The van der Waals surface area contributed by atoms with Crippen molar-refractivity contribution in [3.63, 3.8) is 0 Å². The van der Waals surface area contributed by atoms with Crippen LogP contribution in [0.15, 0.2) is 54.6 Å². The van der Waals surface area contributed by atoms with Crippen LogP contribution in [-0.4, -0.2) is 36.1 Å². The third-order valence-corrected chi connectivity index (χ3v) is 8.41. The highest BCUT2D eigenvalue weighted by molar-refractivity contribution is 6.05. The molecule has 1 saturated heterocycles. The van der Waals surface area contributed by atoms with Gasteiger partial charge in [-0.2, -0.15) is 0 Å². The van der Waals surface area contributed by atoms with Crippen LogP contribution in [0.3, 0.4) is 0 Å². The molecule has 0 atom stereocenters. The summed E-state index contributed by atoms with van der Waals surface area (Å²) < 4.78 is 10.4. The molecule has 1 saturated carbocycles. The Hall–Kier alpha value is -3.39. The quantitative estimate of drug-likeness (QED) is 0.263. The van der Waals surface area contributed by atoms with E-state index in [1.165, 1.54) is 63.4 Å². The van der Waals surface area contributed by atoms with Crippen LogP contribution < -0.4 is 11.1 Å². The fourth-order valence-electron chi connectivity index (χ4n) is 6.21. The maximum atomic E-state index is 12.5. The number of aryl methyl sites for hydroxylation is 1. The Labute approximate surface area is 231 Å². The van der Waals surface area contributed by atoms with E-state index < -0.39 is 18.1 Å². The molecule has 0 bridgehead atoms. The summed E-state index contributed by atoms with van der Waals surface area (Å²) in [5.41, 5.74) is 8.78. The fraction of sp³-hybridized carbons (Fsp3) is 0.516. The molecule has 1 aliphatic carbocycles. The normalized spacial score (nSPS) is 17.2. The van der Waals surface area contributed by atoms with Gasteiger partial charge in [0.15, 0.2) is 0 Å². The summed E-state index contributed by atoms with van der Waals surface area (Å²) in [4.78, 5) is 25.3. The summed E-state index contributed by atoms with van der Waals surface area (Å²) in [5, 5.41) is 11.2. The molecule has 8 heteroatoms. The second-order valence-electron chi connectivity index (χ2n) is 10.9. The highest BCUT2D eigenvalue weighted by Gasteiger charge is 2.39. The minimum atomic E-state index is -1.05. The van der Waals surface area contributed by atoms with Crippen molar-refractivity contribution in [1.82, 2.24) is 10.2 Å². The first-order chi connectivity index (χ1) is 19.0. The minimum Gasteiger partial charge on any atom is -0.444 e. The van der Waals surface area contributed by atoms with Crippen molar-refractivity contribution in [2.45, 2.75) is 77.4 Å². The van der Waals surface area contributed by atoms with Crippen molar-refractivity contribution in [2.75, 3.05) is 13.1 Å². The van der Waals surface area contributed by atoms with Crippen LogP contribution in [0.1, 0.15) is 74.5 Å². The van der Waals surface area contributed by atoms with Gasteiger partial charge in [-0.05, 0) is 86.1 Å². The van der Waals surface area contributed by atoms with Crippen molar-refractivity contribution < 1.29 is 19.1 Å². The highest BCUT2D eigenvalue weighted by atomic mass is 16.6. The van der Waals surface area contributed by atoms with Gasteiger partial charge in [0.1, 0.15) is 13.2 Å². The smallest absolute Gasteiger partial charge is 0.426 e. The number of nitrogens with two attached hydrogens (primary N) is 1. The van der Waals surface area contributed by atoms with Crippen LogP contribution in [0, 0.1) is 16.7 Å². The number of imide groups is 1. The number of ether oxygens (including phenoxy) is 2.